The highest BCUT2D eigenvalue weighted by Crippen LogP contribution is 2.25. The van der Waals surface area contributed by atoms with Crippen LogP contribution in [0, 0.1) is 0 Å². The van der Waals surface area contributed by atoms with Crippen LogP contribution in [-0.4, -0.2) is 50.3 Å². The summed E-state index contributed by atoms with van der Waals surface area (Å²) in [4.78, 5) is 35.2. The molecule has 0 aliphatic carbocycles. The van der Waals surface area contributed by atoms with Crippen LogP contribution >= 0.6 is 0 Å². The Hall–Kier alpha value is -2.77. The minimum Gasteiger partial charge on any atom is -0.496 e. The molecule has 0 bridgehead atoms. The van der Waals surface area contributed by atoms with Crippen molar-refractivity contribution in [1.29, 1.82) is 0 Å². The van der Waals surface area contributed by atoms with Crippen molar-refractivity contribution < 1.29 is 33.3 Å². The molecule has 1 amide bonds. The Bertz CT molecular complexity index is 649. The zero-order valence-electron chi connectivity index (χ0n) is 15.7. The smallest absolute Gasteiger partial charge is 0.408 e. The predicted octanol–water partition coefficient (Wildman–Crippen LogP) is 2.34. The summed E-state index contributed by atoms with van der Waals surface area (Å²) < 4.78 is 20.3. The number of hydrogen-bond donors (Lipinski definition) is 1. The van der Waals surface area contributed by atoms with Gasteiger partial charge in [-0.15, -0.1) is 0 Å². The molecule has 8 nitrogen and oxygen atoms in total. The highest BCUT2D eigenvalue weighted by molar-refractivity contribution is 6.01. The number of carbonyl (C=O) groups is 3. The molecule has 0 aromatic heterocycles. The number of alkyl carbamates (subject to hydrolysis) is 1. The van der Waals surface area contributed by atoms with Gasteiger partial charge in [-0.1, -0.05) is 0 Å². The molecule has 0 spiro atoms. The van der Waals surface area contributed by atoms with Gasteiger partial charge in [0.25, 0.3) is 0 Å². The Balaban J connectivity index is 2.69. The van der Waals surface area contributed by atoms with Crippen molar-refractivity contribution in [3.05, 3.63) is 23.8 Å². The number of benzene rings is 1. The monoisotopic (exact) mass is 367 g/mol. The van der Waals surface area contributed by atoms with Crippen LogP contribution in [0.2, 0.25) is 0 Å². The van der Waals surface area contributed by atoms with E-state index < -0.39 is 17.7 Å². The number of rotatable bonds is 8. The zero-order chi connectivity index (χ0) is 19.7. The molecule has 0 heterocycles. The van der Waals surface area contributed by atoms with Crippen LogP contribution in [0.4, 0.5) is 4.79 Å². The fourth-order valence-electron chi connectivity index (χ4n) is 1.90. The Kier molecular flexibility index (Phi) is 7.89. The Morgan fingerprint density at radius 2 is 1.85 bits per heavy atom. The number of hydrogen-bond acceptors (Lipinski definition) is 7. The van der Waals surface area contributed by atoms with Crippen LogP contribution in [0.3, 0.4) is 0 Å². The standard InChI is InChI=1S/C18H25NO7/c1-6-24-16(21)11-25-12-7-8-13(15(9-12)23-5)14(20)10-19-17(22)26-18(2,3)4/h7-9H,6,10-11H2,1-5H3,(H,19,22). The number of methoxy groups -OCH3 is 1. The molecule has 0 fully saturated rings. The summed E-state index contributed by atoms with van der Waals surface area (Å²) in [7, 11) is 1.41. The fourth-order valence-corrected chi connectivity index (χ4v) is 1.90. The molecule has 0 saturated heterocycles. The number of ether oxygens (including phenoxy) is 4. The molecule has 8 heteroatoms. The van der Waals surface area contributed by atoms with Crippen LogP contribution < -0.4 is 14.8 Å². The van der Waals surface area contributed by atoms with E-state index in [2.05, 4.69) is 5.32 Å². The number of nitrogens with one attached hydrogen (secondary N) is 1. The Labute approximate surface area is 152 Å². The first kappa shape index (κ1) is 21.3. The maximum Gasteiger partial charge on any atom is 0.408 e. The van der Waals surface area contributed by atoms with Gasteiger partial charge >= 0.3 is 12.1 Å². The van der Waals surface area contributed by atoms with Gasteiger partial charge in [-0.3, -0.25) is 4.79 Å². The minimum atomic E-state index is -0.681. The van der Waals surface area contributed by atoms with Crippen LogP contribution in [-0.2, 0) is 14.3 Å². The molecule has 144 valence electrons. The molecule has 0 unspecified atom stereocenters. The van der Waals surface area contributed by atoms with Crippen molar-refractivity contribution in [1.82, 2.24) is 5.32 Å². The second-order valence-corrected chi connectivity index (χ2v) is 6.23. The van der Waals surface area contributed by atoms with E-state index in [1.165, 1.54) is 25.3 Å². The average molecular weight is 367 g/mol. The van der Waals surface area contributed by atoms with E-state index in [1.807, 2.05) is 0 Å². The number of Topliss-reactive ketones (excluding diaryl/α,β-unsaturated/α-hetero) is 1. The molecule has 0 saturated carbocycles. The van der Waals surface area contributed by atoms with E-state index in [1.54, 1.807) is 27.7 Å². The normalized spacial score (nSPS) is 10.7. The first-order valence-electron chi connectivity index (χ1n) is 8.12. The molecule has 0 aliphatic rings. The third kappa shape index (κ3) is 7.42. The van der Waals surface area contributed by atoms with Crippen LogP contribution in [0.1, 0.15) is 38.1 Å². The van der Waals surface area contributed by atoms with Gasteiger partial charge in [-0.2, -0.15) is 0 Å². The van der Waals surface area contributed by atoms with Gasteiger partial charge in [0.1, 0.15) is 17.1 Å². The Morgan fingerprint density at radius 3 is 2.42 bits per heavy atom. The van der Waals surface area contributed by atoms with Gasteiger partial charge in [0, 0.05) is 6.07 Å². The van der Waals surface area contributed by atoms with Crippen molar-refractivity contribution in [2.24, 2.45) is 0 Å². The molecule has 0 aliphatic heterocycles. The molecule has 1 aromatic carbocycles. The molecular formula is C18H25NO7. The summed E-state index contributed by atoms with van der Waals surface area (Å²) in [5.41, 5.74) is -0.380. The lowest BCUT2D eigenvalue weighted by Gasteiger charge is -2.19. The van der Waals surface area contributed by atoms with E-state index >= 15 is 0 Å². The number of amides is 1. The first-order valence-corrected chi connectivity index (χ1v) is 8.12. The van der Waals surface area contributed by atoms with Gasteiger partial charge in [-0.25, -0.2) is 9.59 Å². The second kappa shape index (κ2) is 9.65. The van der Waals surface area contributed by atoms with Crippen molar-refractivity contribution in [2.75, 3.05) is 26.9 Å². The first-order chi connectivity index (χ1) is 12.2. The van der Waals surface area contributed by atoms with Crippen LogP contribution in [0.5, 0.6) is 11.5 Å². The molecule has 0 radical (unpaired) electrons. The third-order valence-corrected chi connectivity index (χ3v) is 2.93. The highest BCUT2D eigenvalue weighted by Gasteiger charge is 2.19. The number of esters is 1. The van der Waals surface area contributed by atoms with Crippen molar-refractivity contribution in [3.8, 4) is 11.5 Å². The summed E-state index contributed by atoms with van der Waals surface area (Å²) >= 11 is 0. The summed E-state index contributed by atoms with van der Waals surface area (Å²) in [5.74, 6) is -0.230. The summed E-state index contributed by atoms with van der Waals surface area (Å²) in [6.45, 7) is 6.67. The van der Waals surface area contributed by atoms with E-state index in [0.29, 0.717) is 5.75 Å². The maximum atomic E-state index is 12.3. The third-order valence-electron chi connectivity index (χ3n) is 2.93. The lowest BCUT2D eigenvalue weighted by Crippen LogP contribution is -2.35. The van der Waals surface area contributed by atoms with Crippen LogP contribution in [0.15, 0.2) is 18.2 Å². The summed E-state index contributed by atoms with van der Waals surface area (Å²) in [6.07, 6.45) is -0.681. The van der Waals surface area contributed by atoms with Crippen molar-refractivity contribution >= 4 is 17.8 Å². The van der Waals surface area contributed by atoms with Crippen molar-refractivity contribution in [3.63, 3.8) is 0 Å². The van der Waals surface area contributed by atoms with Crippen molar-refractivity contribution in [2.45, 2.75) is 33.3 Å². The fraction of sp³-hybridized carbons (Fsp3) is 0.500. The van der Waals surface area contributed by atoms with E-state index in [9.17, 15) is 14.4 Å². The van der Waals surface area contributed by atoms with E-state index in [-0.39, 0.29) is 36.9 Å². The summed E-state index contributed by atoms with van der Waals surface area (Å²) in [5, 5.41) is 2.40. The highest BCUT2D eigenvalue weighted by atomic mass is 16.6. The van der Waals surface area contributed by atoms with Gasteiger partial charge in [0.05, 0.1) is 25.8 Å². The summed E-state index contributed by atoms with van der Waals surface area (Å²) in [6, 6.07) is 4.51. The largest absolute Gasteiger partial charge is 0.496 e. The van der Waals surface area contributed by atoms with Gasteiger partial charge in [0.15, 0.2) is 12.4 Å². The number of carbonyl (C=O) groups excluding carboxylic acids is 3. The van der Waals surface area contributed by atoms with E-state index in [4.69, 9.17) is 18.9 Å². The van der Waals surface area contributed by atoms with Gasteiger partial charge in [0.2, 0.25) is 0 Å². The van der Waals surface area contributed by atoms with E-state index in [0.717, 1.165) is 0 Å². The molecule has 1 N–H and O–H groups in total. The lowest BCUT2D eigenvalue weighted by molar-refractivity contribution is -0.145. The van der Waals surface area contributed by atoms with Gasteiger partial charge < -0.3 is 24.3 Å². The van der Waals surface area contributed by atoms with Gasteiger partial charge in [-0.05, 0) is 39.8 Å². The molecule has 0 atom stereocenters. The molecular weight excluding hydrogens is 342 g/mol. The Morgan fingerprint density at radius 1 is 1.15 bits per heavy atom. The quantitative estimate of drug-likeness (QED) is 0.556. The molecule has 1 aromatic rings. The SMILES string of the molecule is CCOC(=O)COc1ccc(C(=O)CNC(=O)OC(C)(C)C)c(OC)c1. The zero-order valence-corrected chi connectivity index (χ0v) is 15.7. The van der Waals surface area contributed by atoms with Crippen LogP contribution in [0.25, 0.3) is 0 Å². The predicted molar refractivity (Wildman–Crippen MR) is 93.7 cm³/mol. The average Bonchev–Trinajstić information content (AvgIpc) is 2.56. The number of ketones is 1. The maximum absolute atomic E-state index is 12.3. The second-order valence-electron chi connectivity index (χ2n) is 6.23. The molecule has 1 rings (SSSR count). The minimum absolute atomic E-state index is 0.242. The molecule has 26 heavy (non-hydrogen) atoms. The lowest BCUT2D eigenvalue weighted by atomic mass is 10.1. The topological polar surface area (TPSA) is 100 Å².